The van der Waals surface area contributed by atoms with Gasteiger partial charge in [-0.25, -0.2) is 4.98 Å². The Hall–Kier alpha value is -2.17. The smallest absolute Gasteiger partial charge is 0.224 e. The third-order valence-corrected chi connectivity index (χ3v) is 3.45. The Kier molecular flexibility index (Phi) is 5.09. The van der Waals surface area contributed by atoms with Gasteiger partial charge >= 0.3 is 0 Å². The van der Waals surface area contributed by atoms with Gasteiger partial charge in [0.2, 0.25) is 5.91 Å². The highest BCUT2D eigenvalue weighted by Gasteiger charge is 2.11. The van der Waals surface area contributed by atoms with Crippen LogP contribution in [0.15, 0.2) is 30.9 Å². The SMILES string of the molecule is Cc1cccc(C(C)C)c1NC(=O)CCCn1cncn1. The molecule has 0 unspecified atom stereocenters. The van der Waals surface area contributed by atoms with Crippen molar-refractivity contribution in [3.8, 4) is 0 Å². The number of carbonyl (C=O) groups excluding carboxylic acids is 1. The number of carbonyl (C=O) groups is 1. The molecule has 1 heterocycles. The van der Waals surface area contributed by atoms with Gasteiger partial charge in [0.1, 0.15) is 12.7 Å². The number of hydrogen-bond donors (Lipinski definition) is 1. The van der Waals surface area contributed by atoms with E-state index in [-0.39, 0.29) is 5.91 Å². The van der Waals surface area contributed by atoms with Crippen molar-refractivity contribution in [3.63, 3.8) is 0 Å². The maximum Gasteiger partial charge on any atom is 0.224 e. The van der Waals surface area contributed by atoms with Crippen LogP contribution in [0.2, 0.25) is 0 Å². The molecular weight excluding hydrogens is 264 g/mol. The second kappa shape index (κ2) is 7.02. The molecule has 1 N–H and O–H groups in total. The largest absolute Gasteiger partial charge is 0.326 e. The number of hydrogen-bond acceptors (Lipinski definition) is 3. The van der Waals surface area contributed by atoms with Gasteiger partial charge in [0, 0.05) is 18.7 Å². The van der Waals surface area contributed by atoms with Crippen molar-refractivity contribution in [2.45, 2.75) is 46.1 Å². The van der Waals surface area contributed by atoms with Crippen molar-refractivity contribution >= 4 is 11.6 Å². The first-order valence-corrected chi connectivity index (χ1v) is 7.29. The number of aryl methyl sites for hydroxylation is 2. The number of nitrogens with one attached hydrogen (secondary N) is 1. The first-order chi connectivity index (χ1) is 10.1. The van der Waals surface area contributed by atoms with Crippen LogP contribution in [-0.2, 0) is 11.3 Å². The van der Waals surface area contributed by atoms with Crippen LogP contribution in [0.5, 0.6) is 0 Å². The average molecular weight is 286 g/mol. The molecule has 5 heteroatoms. The highest BCUT2D eigenvalue weighted by atomic mass is 16.1. The summed E-state index contributed by atoms with van der Waals surface area (Å²) in [6.45, 7) is 7.00. The second-order valence-electron chi connectivity index (χ2n) is 5.50. The number of rotatable bonds is 6. The lowest BCUT2D eigenvalue weighted by Crippen LogP contribution is -2.15. The molecule has 0 fully saturated rings. The number of amides is 1. The summed E-state index contributed by atoms with van der Waals surface area (Å²) < 4.78 is 1.74. The minimum atomic E-state index is 0.0475. The maximum absolute atomic E-state index is 12.1. The number of benzene rings is 1. The molecule has 0 bridgehead atoms. The summed E-state index contributed by atoms with van der Waals surface area (Å²) >= 11 is 0. The fourth-order valence-electron chi connectivity index (χ4n) is 2.29. The second-order valence-corrected chi connectivity index (χ2v) is 5.50. The molecule has 21 heavy (non-hydrogen) atoms. The topological polar surface area (TPSA) is 59.8 Å². The average Bonchev–Trinajstić information content (AvgIpc) is 2.94. The summed E-state index contributed by atoms with van der Waals surface area (Å²) in [7, 11) is 0. The molecule has 0 saturated carbocycles. The highest BCUT2D eigenvalue weighted by Crippen LogP contribution is 2.27. The Morgan fingerprint density at radius 1 is 1.38 bits per heavy atom. The lowest BCUT2D eigenvalue weighted by molar-refractivity contribution is -0.116. The molecule has 0 atom stereocenters. The van der Waals surface area contributed by atoms with E-state index in [1.54, 1.807) is 11.0 Å². The zero-order chi connectivity index (χ0) is 15.2. The predicted molar refractivity (Wildman–Crippen MR) is 83.2 cm³/mol. The number of nitrogens with zero attached hydrogens (tertiary/aromatic N) is 3. The zero-order valence-corrected chi connectivity index (χ0v) is 12.8. The van der Waals surface area contributed by atoms with E-state index in [9.17, 15) is 4.79 Å². The van der Waals surface area contributed by atoms with Gasteiger partial charge in [-0.3, -0.25) is 9.48 Å². The summed E-state index contributed by atoms with van der Waals surface area (Å²) in [5, 5.41) is 7.08. The summed E-state index contributed by atoms with van der Waals surface area (Å²) in [6, 6.07) is 6.13. The molecule has 0 saturated heterocycles. The summed E-state index contributed by atoms with van der Waals surface area (Å²) in [6.07, 6.45) is 4.39. The first kappa shape index (κ1) is 15.2. The Morgan fingerprint density at radius 3 is 2.86 bits per heavy atom. The minimum Gasteiger partial charge on any atom is -0.326 e. The first-order valence-electron chi connectivity index (χ1n) is 7.29. The molecule has 1 aromatic carbocycles. The monoisotopic (exact) mass is 286 g/mol. The standard InChI is InChI=1S/C16H22N4O/c1-12(2)14-7-4-6-13(3)16(14)19-15(21)8-5-9-20-11-17-10-18-20/h4,6-7,10-12H,5,8-9H2,1-3H3,(H,19,21). The van der Waals surface area contributed by atoms with E-state index in [1.807, 2.05) is 19.1 Å². The normalized spacial score (nSPS) is 10.9. The molecule has 0 aliphatic heterocycles. The fourth-order valence-corrected chi connectivity index (χ4v) is 2.29. The van der Waals surface area contributed by atoms with Crippen molar-refractivity contribution in [2.24, 2.45) is 0 Å². The number of anilines is 1. The van der Waals surface area contributed by atoms with E-state index >= 15 is 0 Å². The lowest BCUT2D eigenvalue weighted by Gasteiger charge is -2.16. The molecule has 1 aromatic heterocycles. The van der Waals surface area contributed by atoms with Gasteiger partial charge in [-0.05, 0) is 30.4 Å². The highest BCUT2D eigenvalue weighted by molar-refractivity contribution is 5.92. The van der Waals surface area contributed by atoms with Gasteiger partial charge in [-0.15, -0.1) is 0 Å². The predicted octanol–water partition coefficient (Wildman–Crippen LogP) is 3.13. The Bertz CT molecular complexity index is 590. The Balaban J connectivity index is 1.93. The third-order valence-electron chi connectivity index (χ3n) is 3.45. The van der Waals surface area contributed by atoms with Crippen LogP contribution in [0.3, 0.4) is 0 Å². The van der Waals surface area contributed by atoms with Crippen molar-refractivity contribution in [2.75, 3.05) is 5.32 Å². The van der Waals surface area contributed by atoms with Gasteiger partial charge in [0.25, 0.3) is 0 Å². The molecular formula is C16H22N4O. The summed E-state index contributed by atoms with van der Waals surface area (Å²) in [4.78, 5) is 16.0. The Labute approximate surface area is 125 Å². The van der Waals surface area contributed by atoms with Crippen molar-refractivity contribution < 1.29 is 4.79 Å². The van der Waals surface area contributed by atoms with E-state index < -0.39 is 0 Å². The van der Waals surface area contributed by atoms with Crippen LogP contribution < -0.4 is 5.32 Å². The molecule has 2 rings (SSSR count). The molecule has 1 amide bonds. The minimum absolute atomic E-state index is 0.0475. The molecule has 112 valence electrons. The quantitative estimate of drug-likeness (QED) is 0.887. The van der Waals surface area contributed by atoms with E-state index in [0.717, 1.165) is 17.7 Å². The van der Waals surface area contributed by atoms with Gasteiger partial charge < -0.3 is 5.32 Å². The molecule has 0 aliphatic carbocycles. The van der Waals surface area contributed by atoms with Crippen molar-refractivity contribution in [1.29, 1.82) is 0 Å². The van der Waals surface area contributed by atoms with Gasteiger partial charge in [-0.2, -0.15) is 5.10 Å². The van der Waals surface area contributed by atoms with Crippen LogP contribution in [0.25, 0.3) is 0 Å². The molecule has 0 spiro atoms. The molecule has 0 aliphatic rings. The van der Waals surface area contributed by atoms with Crippen LogP contribution in [-0.4, -0.2) is 20.7 Å². The molecule has 2 aromatic rings. The van der Waals surface area contributed by atoms with Gasteiger partial charge in [0.15, 0.2) is 0 Å². The van der Waals surface area contributed by atoms with Crippen LogP contribution in [0.1, 0.15) is 43.7 Å². The van der Waals surface area contributed by atoms with Crippen LogP contribution >= 0.6 is 0 Å². The maximum atomic E-state index is 12.1. The van der Waals surface area contributed by atoms with E-state index in [0.29, 0.717) is 18.9 Å². The third kappa shape index (κ3) is 4.15. The summed E-state index contributed by atoms with van der Waals surface area (Å²) in [5.41, 5.74) is 3.24. The van der Waals surface area contributed by atoms with Crippen LogP contribution in [0, 0.1) is 6.92 Å². The summed E-state index contributed by atoms with van der Waals surface area (Å²) in [5.74, 6) is 0.432. The van der Waals surface area contributed by atoms with E-state index in [1.165, 1.54) is 11.9 Å². The lowest BCUT2D eigenvalue weighted by atomic mass is 9.98. The van der Waals surface area contributed by atoms with Gasteiger partial charge in [0.05, 0.1) is 0 Å². The molecule has 0 radical (unpaired) electrons. The fraction of sp³-hybridized carbons (Fsp3) is 0.438. The number of para-hydroxylation sites is 1. The van der Waals surface area contributed by atoms with Crippen LogP contribution in [0.4, 0.5) is 5.69 Å². The van der Waals surface area contributed by atoms with Gasteiger partial charge in [-0.1, -0.05) is 32.0 Å². The van der Waals surface area contributed by atoms with E-state index in [4.69, 9.17) is 0 Å². The number of aromatic nitrogens is 3. The molecule has 5 nitrogen and oxygen atoms in total. The zero-order valence-electron chi connectivity index (χ0n) is 12.8. The van der Waals surface area contributed by atoms with Crippen molar-refractivity contribution in [3.05, 3.63) is 42.0 Å². The van der Waals surface area contributed by atoms with Crippen molar-refractivity contribution in [1.82, 2.24) is 14.8 Å². The van der Waals surface area contributed by atoms with E-state index in [2.05, 4.69) is 35.3 Å². The Morgan fingerprint density at radius 2 is 2.19 bits per heavy atom.